The Morgan fingerprint density at radius 1 is 1.30 bits per heavy atom. The lowest BCUT2D eigenvalue weighted by Gasteiger charge is -2.41. The van der Waals surface area contributed by atoms with Crippen molar-refractivity contribution in [3.8, 4) is 5.75 Å². The van der Waals surface area contributed by atoms with Crippen molar-refractivity contribution in [3.63, 3.8) is 0 Å². The van der Waals surface area contributed by atoms with Gasteiger partial charge in [0.1, 0.15) is 11.8 Å². The standard InChI is InChI=1S/C18H24N2O3/c1-3-23-16-8-6-14(7-9-16)11-17(21)20-12-15-5-4-10-19(15)18(22)13(20)2/h6-9,13,15H,3-5,10-12H2,1-2H3/t13-,15+/m1/s1. The highest BCUT2D eigenvalue weighted by molar-refractivity contribution is 5.89. The van der Waals surface area contributed by atoms with Crippen molar-refractivity contribution in [1.29, 1.82) is 0 Å². The lowest BCUT2D eigenvalue weighted by molar-refractivity contribution is -0.152. The van der Waals surface area contributed by atoms with E-state index in [0.717, 1.165) is 30.7 Å². The summed E-state index contributed by atoms with van der Waals surface area (Å²) in [6, 6.07) is 7.47. The van der Waals surface area contributed by atoms with Crippen LogP contribution in [0, 0.1) is 0 Å². The minimum atomic E-state index is -0.348. The lowest BCUT2D eigenvalue weighted by atomic mass is 10.0. The van der Waals surface area contributed by atoms with Crippen molar-refractivity contribution >= 4 is 11.8 Å². The molecule has 2 aliphatic rings. The van der Waals surface area contributed by atoms with Gasteiger partial charge in [0.05, 0.1) is 13.0 Å². The number of piperazine rings is 1. The van der Waals surface area contributed by atoms with Crippen LogP contribution in [0.2, 0.25) is 0 Å². The van der Waals surface area contributed by atoms with E-state index in [1.54, 1.807) is 4.90 Å². The summed E-state index contributed by atoms with van der Waals surface area (Å²) in [5, 5.41) is 0. The van der Waals surface area contributed by atoms with E-state index in [0.29, 0.717) is 19.6 Å². The summed E-state index contributed by atoms with van der Waals surface area (Å²) in [7, 11) is 0. The summed E-state index contributed by atoms with van der Waals surface area (Å²) in [5.74, 6) is 0.937. The maximum absolute atomic E-state index is 12.6. The molecule has 0 unspecified atom stereocenters. The molecule has 23 heavy (non-hydrogen) atoms. The first-order valence-corrected chi connectivity index (χ1v) is 8.42. The van der Waals surface area contributed by atoms with Crippen molar-refractivity contribution in [1.82, 2.24) is 9.80 Å². The maximum atomic E-state index is 12.6. The van der Waals surface area contributed by atoms with Gasteiger partial charge in [0.2, 0.25) is 11.8 Å². The summed E-state index contributed by atoms with van der Waals surface area (Å²) in [6.07, 6.45) is 2.38. The molecule has 2 atom stereocenters. The van der Waals surface area contributed by atoms with Gasteiger partial charge >= 0.3 is 0 Å². The fraction of sp³-hybridized carbons (Fsp3) is 0.556. The monoisotopic (exact) mass is 316 g/mol. The second-order valence-electron chi connectivity index (χ2n) is 6.30. The molecule has 0 spiro atoms. The zero-order valence-corrected chi connectivity index (χ0v) is 13.8. The van der Waals surface area contributed by atoms with Crippen molar-refractivity contribution in [2.45, 2.75) is 45.2 Å². The van der Waals surface area contributed by atoms with Crippen molar-refractivity contribution in [2.24, 2.45) is 0 Å². The van der Waals surface area contributed by atoms with Gasteiger partial charge in [0, 0.05) is 19.1 Å². The molecule has 0 saturated carbocycles. The van der Waals surface area contributed by atoms with Gasteiger partial charge in [-0.15, -0.1) is 0 Å². The number of hydrogen-bond acceptors (Lipinski definition) is 3. The fourth-order valence-corrected chi connectivity index (χ4v) is 3.54. The quantitative estimate of drug-likeness (QED) is 0.852. The van der Waals surface area contributed by atoms with E-state index in [4.69, 9.17) is 4.74 Å². The molecule has 5 nitrogen and oxygen atoms in total. The first-order valence-electron chi connectivity index (χ1n) is 8.42. The summed E-state index contributed by atoms with van der Waals surface area (Å²) >= 11 is 0. The van der Waals surface area contributed by atoms with Crippen LogP contribution in [0.3, 0.4) is 0 Å². The highest BCUT2D eigenvalue weighted by atomic mass is 16.5. The number of rotatable bonds is 4. The Morgan fingerprint density at radius 2 is 2.04 bits per heavy atom. The maximum Gasteiger partial charge on any atom is 0.245 e. The third kappa shape index (κ3) is 3.19. The minimum absolute atomic E-state index is 0.0292. The van der Waals surface area contributed by atoms with Crippen LogP contribution in [0.5, 0.6) is 5.75 Å². The molecule has 3 rings (SSSR count). The van der Waals surface area contributed by atoms with Crippen LogP contribution in [-0.2, 0) is 16.0 Å². The highest BCUT2D eigenvalue weighted by Crippen LogP contribution is 2.26. The molecule has 1 aromatic carbocycles. The Balaban J connectivity index is 1.66. The zero-order valence-electron chi connectivity index (χ0n) is 13.8. The fourth-order valence-electron chi connectivity index (χ4n) is 3.54. The lowest BCUT2D eigenvalue weighted by Crippen LogP contribution is -2.60. The van der Waals surface area contributed by atoms with Crippen LogP contribution in [0.4, 0.5) is 0 Å². The number of carbonyl (C=O) groups is 2. The normalized spacial score (nSPS) is 23.8. The molecule has 2 amide bonds. The Morgan fingerprint density at radius 3 is 2.74 bits per heavy atom. The molecule has 5 heteroatoms. The SMILES string of the molecule is CCOc1ccc(CC(=O)N2C[C@@H]3CCCN3C(=O)[C@H]2C)cc1. The van der Waals surface area contributed by atoms with Gasteiger partial charge in [0.15, 0.2) is 0 Å². The molecule has 0 N–H and O–H groups in total. The number of hydrogen-bond donors (Lipinski definition) is 0. The van der Waals surface area contributed by atoms with Gasteiger partial charge in [-0.25, -0.2) is 0 Å². The summed E-state index contributed by atoms with van der Waals surface area (Å²) in [4.78, 5) is 28.8. The van der Waals surface area contributed by atoms with Gasteiger partial charge < -0.3 is 14.5 Å². The Hall–Kier alpha value is -2.04. The van der Waals surface area contributed by atoms with Gasteiger partial charge in [-0.1, -0.05) is 12.1 Å². The number of benzene rings is 1. The van der Waals surface area contributed by atoms with Crippen LogP contribution in [-0.4, -0.2) is 53.4 Å². The smallest absolute Gasteiger partial charge is 0.245 e. The predicted molar refractivity (Wildman–Crippen MR) is 87.2 cm³/mol. The van der Waals surface area contributed by atoms with Crippen molar-refractivity contribution in [3.05, 3.63) is 29.8 Å². The summed E-state index contributed by atoms with van der Waals surface area (Å²) in [6.45, 7) is 5.92. The first-order chi connectivity index (χ1) is 11.1. The van der Waals surface area contributed by atoms with Crippen LogP contribution in [0.1, 0.15) is 32.3 Å². The third-order valence-electron chi connectivity index (χ3n) is 4.80. The van der Waals surface area contributed by atoms with E-state index < -0.39 is 0 Å². The molecular formula is C18H24N2O3. The van der Waals surface area contributed by atoms with E-state index in [2.05, 4.69) is 0 Å². The van der Waals surface area contributed by atoms with E-state index in [9.17, 15) is 9.59 Å². The second-order valence-corrected chi connectivity index (χ2v) is 6.30. The topological polar surface area (TPSA) is 49.9 Å². The van der Waals surface area contributed by atoms with Crippen LogP contribution >= 0.6 is 0 Å². The average Bonchev–Trinajstić information content (AvgIpc) is 3.01. The summed E-state index contributed by atoms with van der Waals surface area (Å²) < 4.78 is 5.42. The molecule has 0 aromatic heterocycles. The van der Waals surface area contributed by atoms with Crippen LogP contribution in [0.15, 0.2) is 24.3 Å². The van der Waals surface area contributed by atoms with Crippen molar-refractivity contribution in [2.75, 3.05) is 19.7 Å². The molecule has 1 aromatic rings. The molecule has 2 aliphatic heterocycles. The minimum Gasteiger partial charge on any atom is -0.494 e. The molecule has 124 valence electrons. The van der Waals surface area contributed by atoms with Gasteiger partial charge in [0.25, 0.3) is 0 Å². The number of carbonyl (C=O) groups excluding carboxylic acids is 2. The van der Waals surface area contributed by atoms with Crippen LogP contribution < -0.4 is 4.74 Å². The van der Waals surface area contributed by atoms with Crippen LogP contribution in [0.25, 0.3) is 0 Å². The van der Waals surface area contributed by atoms with Crippen molar-refractivity contribution < 1.29 is 14.3 Å². The van der Waals surface area contributed by atoms with Gasteiger partial charge in [-0.05, 0) is 44.4 Å². The van der Waals surface area contributed by atoms with E-state index in [1.807, 2.05) is 43.0 Å². The number of ether oxygens (including phenoxy) is 1. The molecule has 2 saturated heterocycles. The highest BCUT2D eigenvalue weighted by Gasteiger charge is 2.41. The summed E-state index contributed by atoms with van der Waals surface area (Å²) in [5.41, 5.74) is 0.951. The number of nitrogens with zero attached hydrogens (tertiary/aromatic N) is 2. The second kappa shape index (κ2) is 6.60. The third-order valence-corrected chi connectivity index (χ3v) is 4.80. The molecule has 0 radical (unpaired) electrons. The molecule has 0 bridgehead atoms. The zero-order chi connectivity index (χ0) is 16.4. The Bertz CT molecular complexity index is 584. The molecular weight excluding hydrogens is 292 g/mol. The van der Waals surface area contributed by atoms with Gasteiger partial charge in [-0.2, -0.15) is 0 Å². The predicted octanol–water partition coefficient (Wildman–Crippen LogP) is 1.85. The van der Waals surface area contributed by atoms with E-state index >= 15 is 0 Å². The van der Waals surface area contributed by atoms with E-state index in [1.165, 1.54) is 0 Å². The Kier molecular flexibility index (Phi) is 4.55. The molecule has 0 aliphatic carbocycles. The first kappa shape index (κ1) is 15.8. The van der Waals surface area contributed by atoms with Gasteiger partial charge in [-0.3, -0.25) is 9.59 Å². The van der Waals surface area contributed by atoms with E-state index in [-0.39, 0.29) is 23.9 Å². The molecule has 2 fully saturated rings. The largest absolute Gasteiger partial charge is 0.494 e. The average molecular weight is 316 g/mol. The number of fused-ring (bicyclic) bond motifs is 1. The Labute approximate surface area is 137 Å². The molecule has 2 heterocycles. The number of amides is 2.